The van der Waals surface area contributed by atoms with Crippen LogP contribution in [0.15, 0.2) is 54.6 Å². The molecule has 0 aromatic heterocycles. The molecular weight excluding hydrogens is 355 g/mol. The van der Waals surface area contributed by atoms with E-state index in [4.69, 9.17) is 10.5 Å². The van der Waals surface area contributed by atoms with E-state index in [1.165, 1.54) is 0 Å². The quantitative estimate of drug-likeness (QED) is 0.506. The number of benzene rings is 3. The lowest BCUT2D eigenvalue weighted by molar-refractivity contribution is 0.112. The first-order chi connectivity index (χ1) is 13.0. The molecule has 0 aliphatic rings. The Morgan fingerprint density at radius 2 is 1.52 bits per heavy atom. The van der Waals surface area contributed by atoms with Gasteiger partial charge in [0.05, 0.1) is 0 Å². The van der Waals surface area contributed by atoms with Gasteiger partial charge in [0.2, 0.25) is 0 Å². The topological polar surface area (TPSA) is 52.3 Å². The number of carbonyl (C=O) groups is 1. The zero-order chi connectivity index (χ0) is 19.4. The molecule has 138 valence electrons. The lowest BCUT2D eigenvalue weighted by Crippen LogP contribution is -2.03. The Hall–Kier alpha value is -3.28. The molecule has 27 heavy (non-hydrogen) atoms. The number of rotatable bonds is 6. The van der Waals surface area contributed by atoms with E-state index in [2.05, 4.69) is 0 Å². The van der Waals surface area contributed by atoms with Crippen LogP contribution in [-0.4, -0.2) is 6.29 Å². The summed E-state index contributed by atoms with van der Waals surface area (Å²) < 4.78 is 45.5. The van der Waals surface area contributed by atoms with E-state index in [1.807, 2.05) is 12.1 Å². The van der Waals surface area contributed by atoms with Crippen LogP contribution in [0.5, 0.6) is 5.75 Å². The third-order valence-electron chi connectivity index (χ3n) is 4.06. The molecule has 0 atom stereocenters. The zero-order valence-electron chi connectivity index (χ0n) is 14.2. The molecule has 0 heterocycles. The Balaban J connectivity index is 1.76. The average Bonchev–Trinajstić information content (AvgIpc) is 2.64. The smallest absolute Gasteiger partial charge is 0.191 e. The van der Waals surface area contributed by atoms with Crippen LogP contribution in [0.2, 0.25) is 0 Å². The number of ether oxygens (including phenoxy) is 1. The molecule has 2 N–H and O–H groups in total. The molecule has 3 nitrogen and oxygen atoms in total. The van der Waals surface area contributed by atoms with Crippen LogP contribution in [0.3, 0.4) is 0 Å². The Morgan fingerprint density at radius 1 is 0.889 bits per heavy atom. The first kappa shape index (κ1) is 18.5. The summed E-state index contributed by atoms with van der Waals surface area (Å²) in [6, 6.07) is 13.4. The maximum absolute atomic E-state index is 13.7. The number of halogens is 3. The van der Waals surface area contributed by atoms with E-state index >= 15 is 0 Å². The minimum Gasteiger partial charge on any atom is -0.483 e. The number of carbonyl (C=O) groups excluding carboxylic acids is 1. The summed E-state index contributed by atoms with van der Waals surface area (Å²) in [5.41, 5.74) is 9.59. The molecule has 0 unspecified atom stereocenters. The molecule has 0 spiro atoms. The number of hydrogen-bond donors (Lipinski definition) is 1. The summed E-state index contributed by atoms with van der Waals surface area (Å²) in [5.74, 6) is -3.83. The predicted molar refractivity (Wildman–Crippen MR) is 96.1 cm³/mol. The maximum atomic E-state index is 13.7. The van der Waals surface area contributed by atoms with Crippen molar-refractivity contribution in [2.24, 2.45) is 0 Å². The van der Waals surface area contributed by atoms with E-state index in [9.17, 15) is 18.0 Å². The largest absolute Gasteiger partial charge is 0.483 e. The summed E-state index contributed by atoms with van der Waals surface area (Å²) in [7, 11) is 0. The van der Waals surface area contributed by atoms with Crippen molar-refractivity contribution >= 4 is 12.0 Å². The monoisotopic (exact) mass is 371 g/mol. The number of hydrogen-bond acceptors (Lipinski definition) is 3. The van der Waals surface area contributed by atoms with Gasteiger partial charge in [0, 0.05) is 23.4 Å². The van der Waals surface area contributed by atoms with Gasteiger partial charge in [0.1, 0.15) is 18.7 Å². The first-order valence-electron chi connectivity index (χ1n) is 8.15. The fraction of sp³-hybridized carbons (Fsp3) is 0.0952. The minimum absolute atomic E-state index is 0.100. The van der Waals surface area contributed by atoms with Gasteiger partial charge in [-0.1, -0.05) is 36.4 Å². The van der Waals surface area contributed by atoms with Crippen LogP contribution in [0.25, 0.3) is 0 Å². The van der Waals surface area contributed by atoms with E-state index in [-0.39, 0.29) is 6.61 Å². The van der Waals surface area contributed by atoms with Crippen LogP contribution < -0.4 is 10.5 Å². The Bertz CT molecular complexity index is 949. The zero-order valence-corrected chi connectivity index (χ0v) is 14.2. The fourth-order valence-electron chi connectivity index (χ4n) is 2.66. The number of anilines is 1. The second kappa shape index (κ2) is 7.95. The predicted octanol–water partition coefficient (Wildman–Crippen LogP) is 4.67. The highest BCUT2D eigenvalue weighted by Gasteiger charge is 2.13. The van der Waals surface area contributed by atoms with Crippen molar-refractivity contribution in [1.82, 2.24) is 0 Å². The van der Waals surface area contributed by atoms with E-state index in [0.29, 0.717) is 35.4 Å². The molecule has 6 heteroatoms. The van der Waals surface area contributed by atoms with Gasteiger partial charge in [-0.2, -0.15) is 0 Å². The van der Waals surface area contributed by atoms with Crippen LogP contribution in [-0.2, 0) is 13.0 Å². The summed E-state index contributed by atoms with van der Waals surface area (Å²) in [6.45, 7) is -0.100. The van der Waals surface area contributed by atoms with Crippen LogP contribution >= 0.6 is 0 Å². The van der Waals surface area contributed by atoms with Gasteiger partial charge in [-0.3, -0.25) is 4.79 Å². The van der Waals surface area contributed by atoms with Gasteiger partial charge in [0.25, 0.3) is 0 Å². The number of aldehydes is 1. The molecule has 0 saturated carbocycles. The van der Waals surface area contributed by atoms with Crippen molar-refractivity contribution in [3.05, 3.63) is 94.3 Å². The second-order valence-corrected chi connectivity index (χ2v) is 6.06. The fourth-order valence-corrected chi connectivity index (χ4v) is 2.66. The summed E-state index contributed by atoms with van der Waals surface area (Å²) in [6.07, 6.45) is 1.29. The van der Waals surface area contributed by atoms with Gasteiger partial charge >= 0.3 is 0 Å². The Labute approximate surface area is 154 Å². The Kier molecular flexibility index (Phi) is 5.45. The molecule has 3 aromatic rings. The van der Waals surface area contributed by atoms with Crippen LogP contribution in [0, 0.1) is 17.5 Å². The minimum atomic E-state index is -1.10. The normalized spacial score (nSPS) is 10.6. The highest BCUT2D eigenvalue weighted by molar-refractivity contribution is 5.74. The summed E-state index contributed by atoms with van der Waals surface area (Å²) in [4.78, 5) is 10.7. The third kappa shape index (κ3) is 4.47. The molecule has 0 saturated heterocycles. The lowest BCUT2D eigenvalue weighted by atomic mass is 10.0. The van der Waals surface area contributed by atoms with Crippen molar-refractivity contribution < 1.29 is 22.7 Å². The van der Waals surface area contributed by atoms with E-state index < -0.39 is 23.2 Å². The van der Waals surface area contributed by atoms with Gasteiger partial charge in [-0.15, -0.1) is 0 Å². The molecule has 0 fully saturated rings. The average molecular weight is 371 g/mol. The second-order valence-electron chi connectivity index (χ2n) is 6.06. The molecule has 3 rings (SSSR count). The molecule has 0 bridgehead atoms. The summed E-state index contributed by atoms with van der Waals surface area (Å²) in [5, 5.41) is 0. The molecule has 0 aliphatic heterocycles. The van der Waals surface area contributed by atoms with Gasteiger partial charge in [-0.25, -0.2) is 13.2 Å². The van der Waals surface area contributed by atoms with Crippen molar-refractivity contribution in [2.45, 2.75) is 13.0 Å². The van der Waals surface area contributed by atoms with Crippen LogP contribution in [0.4, 0.5) is 18.9 Å². The first-order valence-corrected chi connectivity index (χ1v) is 8.15. The SMILES string of the molecule is Nc1ccc(COc2c(F)cc(F)cc2F)cc1Cc1ccc(C=O)cc1. The summed E-state index contributed by atoms with van der Waals surface area (Å²) >= 11 is 0. The van der Waals surface area contributed by atoms with Gasteiger partial charge in [-0.05, 0) is 29.2 Å². The van der Waals surface area contributed by atoms with Gasteiger partial charge < -0.3 is 10.5 Å². The maximum Gasteiger partial charge on any atom is 0.191 e. The number of nitrogens with two attached hydrogens (primary N) is 1. The van der Waals surface area contributed by atoms with Crippen LogP contribution in [0.1, 0.15) is 27.0 Å². The van der Waals surface area contributed by atoms with Crippen molar-refractivity contribution in [3.63, 3.8) is 0 Å². The Morgan fingerprint density at radius 3 is 2.15 bits per heavy atom. The molecule has 0 aliphatic carbocycles. The standard InChI is InChI=1S/C21H16F3NO2/c22-17-9-18(23)21(19(24)10-17)27-12-15-5-6-20(25)16(8-15)7-13-1-3-14(11-26)4-2-13/h1-6,8-11H,7,12,25H2. The third-order valence-corrected chi connectivity index (χ3v) is 4.06. The van der Waals surface area contributed by atoms with Crippen molar-refractivity contribution in [3.8, 4) is 5.75 Å². The highest BCUT2D eigenvalue weighted by Crippen LogP contribution is 2.25. The molecular formula is C21H16F3NO2. The van der Waals surface area contributed by atoms with E-state index in [0.717, 1.165) is 17.4 Å². The van der Waals surface area contributed by atoms with Crippen molar-refractivity contribution in [2.75, 3.05) is 5.73 Å². The molecule has 3 aromatic carbocycles. The van der Waals surface area contributed by atoms with E-state index in [1.54, 1.807) is 30.3 Å². The lowest BCUT2D eigenvalue weighted by Gasteiger charge is -2.12. The molecule has 0 radical (unpaired) electrons. The van der Waals surface area contributed by atoms with Crippen molar-refractivity contribution in [1.29, 1.82) is 0 Å². The number of nitrogen functional groups attached to an aromatic ring is 1. The van der Waals surface area contributed by atoms with Gasteiger partial charge in [0.15, 0.2) is 17.4 Å². The highest BCUT2D eigenvalue weighted by atomic mass is 19.1. The molecule has 0 amide bonds.